The number of hydrogen-bond acceptors (Lipinski definition) is 3. The molecule has 0 spiro atoms. The molecule has 2 atom stereocenters. The van der Waals surface area contributed by atoms with E-state index in [-0.39, 0.29) is 11.6 Å². The van der Waals surface area contributed by atoms with Gasteiger partial charge in [0.2, 0.25) is 0 Å². The lowest BCUT2D eigenvalue weighted by Crippen LogP contribution is -2.48. The van der Waals surface area contributed by atoms with E-state index in [1.165, 1.54) is 6.42 Å². The highest BCUT2D eigenvalue weighted by Crippen LogP contribution is 2.25. The Bertz CT molecular complexity index is 245. The molecule has 0 radical (unpaired) electrons. The van der Waals surface area contributed by atoms with Gasteiger partial charge in [-0.1, -0.05) is 18.7 Å². The van der Waals surface area contributed by atoms with E-state index in [1.54, 1.807) is 0 Å². The van der Waals surface area contributed by atoms with Gasteiger partial charge in [-0.3, -0.25) is 4.99 Å². The van der Waals surface area contributed by atoms with Gasteiger partial charge in [0.1, 0.15) is 0 Å². The van der Waals surface area contributed by atoms with Gasteiger partial charge in [-0.25, -0.2) is 0 Å². The minimum atomic E-state index is 0.232. The second-order valence-corrected chi connectivity index (χ2v) is 5.66. The Morgan fingerprint density at radius 1 is 1.56 bits per heavy atom. The van der Waals surface area contributed by atoms with E-state index in [1.807, 2.05) is 18.7 Å². The van der Waals surface area contributed by atoms with E-state index in [2.05, 4.69) is 31.1 Å². The first-order chi connectivity index (χ1) is 7.59. The molecule has 1 aliphatic rings. The number of nitrogens with one attached hydrogen (secondary N) is 1. The average molecular weight is 244 g/mol. The van der Waals surface area contributed by atoms with Crippen LogP contribution in [-0.4, -0.2) is 35.7 Å². The third-order valence-corrected chi connectivity index (χ3v) is 3.87. The second kappa shape index (κ2) is 6.50. The Balaban J connectivity index is 2.49. The third-order valence-electron chi connectivity index (χ3n) is 2.98. The second-order valence-electron chi connectivity index (χ2n) is 4.58. The molecule has 0 bridgehead atoms. The van der Waals surface area contributed by atoms with Crippen molar-refractivity contribution in [2.24, 2.45) is 4.99 Å². The minimum absolute atomic E-state index is 0.232. The molecule has 0 aromatic rings. The number of ether oxygens (including phenoxy) is 1. The van der Waals surface area contributed by atoms with Crippen molar-refractivity contribution in [1.82, 2.24) is 5.32 Å². The summed E-state index contributed by atoms with van der Waals surface area (Å²) in [7, 11) is 0. The summed E-state index contributed by atoms with van der Waals surface area (Å²) in [4.78, 5) is 4.66. The molecule has 4 heteroatoms. The van der Waals surface area contributed by atoms with Crippen molar-refractivity contribution in [3.8, 4) is 0 Å². The van der Waals surface area contributed by atoms with Crippen LogP contribution in [0, 0.1) is 0 Å². The zero-order valence-corrected chi connectivity index (χ0v) is 11.7. The zero-order valence-electron chi connectivity index (χ0n) is 10.9. The molecule has 3 nitrogen and oxygen atoms in total. The van der Waals surface area contributed by atoms with Crippen molar-refractivity contribution < 1.29 is 4.74 Å². The molecule has 1 N–H and O–H groups in total. The number of aliphatic imine (C=N–C) groups is 1. The highest BCUT2D eigenvalue weighted by Gasteiger charge is 2.27. The third kappa shape index (κ3) is 4.34. The Kier molecular flexibility index (Phi) is 5.62. The van der Waals surface area contributed by atoms with Crippen LogP contribution in [0.3, 0.4) is 0 Å². The standard InChI is InChI=1S/C12H24N2OS/c1-5-12(4)7-8-16-11(14-12)13-10(3)9-15-6-2/h10H,5-9H2,1-4H3,(H,13,14). The molecule has 0 aromatic heterocycles. The van der Waals surface area contributed by atoms with Crippen molar-refractivity contribution >= 4 is 16.9 Å². The average Bonchev–Trinajstić information content (AvgIpc) is 2.26. The van der Waals surface area contributed by atoms with Crippen LogP contribution in [0.25, 0.3) is 0 Å². The van der Waals surface area contributed by atoms with Crippen molar-refractivity contribution in [2.75, 3.05) is 19.0 Å². The fourth-order valence-corrected chi connectivity index (χ4v) is 2.91. The van der Waals surface area contributed by atoms with E-state index in [0.29, 0.717) is 6.61 Å². The molecule has 0 aliphatic carbocycles. The molecular formula is C12H24N2OS. The fraction of sp³-hybridized carbons (Fsp3) is 0.917. The molecule has 2 unspecified atom stereocenters. The molecule has 1 fully saturated rings. The number of amidine groups is 1. The van der Waals surface area contributed by atoms with Gasteiger partial charge in [0, 0.05) is 17.9 Å². The number of thioether (sulfide) groups is 1. The van der Waals surface area contributed by atoms with E-state index in [9.17, 15) is 0 Å². The molecule has 0 amide bonds. The maximum Gasteiger partial charge on any atom is 0.157 e. The van der Waals surface area contributed by atoms with Crippen LogP contribution in [0.5, 0.6) is 0 Å². The molecule has 0 aromatic carbocycles. The first-order valence-electron chi connectivity index (χ1n) is 6.16. The summed E-state index contributed by atoms with van der Waals surface area (Å²) in [5.74, 6) is 1.16. The quantitative estimate of drug-likeness (QED) is 0.807. The molecule has 94 valence electrons. The molecule has 1 rings (SSSR count). The predicted molar refractivity (Wildman–Crippen MR) is 72.3 cm³/mol. The first kappa shape index (κ1) is 13.8. The lowest BCUT2D eigenvalue weighted by molar-refractivity contribution is 0.137. The summed E-state index contributed by atoms with van der Waals surface area (Å²) in [6, 6.07) is 0.245. The first-order valence-corrected chi connectivity index (χ1v) is 7.14. The molecule has 0 saturated carbocycles. The van der Waals surface area contributed by atoms with Crippen LogP contribution < -0.4 is 5.32 Å². The summed E-state index contributed by atoms with van der Waals surface area (Å²) in [6.07, 6.45) is 2.36. The zero-order chi connectivity index (χ0) is 12.0. The van der Waals surface area contributed by atoms with Crippen LogP contribution in [0.2, 0.25) is 0 Å². The molecule has 1 heterocycles. The Morgan fingerprint density at radius 3 is 2.94 bits per heavy atom. The summed E-state index contributed by atoms with van der Waals surface area (Å²) < 4.78 is 5.37. The van der Waals surface area contributed by atoms with Gasteiger partial charge in [-0.05, 0) is 33.6 Å². The lowest BCUT2D eigenvalue weighted by Gasteiger charge is -2.35. The van der Waals surface area contributed by atoms with Gasteiger partial charge >= 0.3 is 0 Å². The Morgan fingerprint density at radius 2 is 2.31 bits per heavy atom. The minimum Gasteiger partial charge on any atom is -0.380 e. The van der Waals surface area contributed by atoms with Crippen molar-refractivity contribution in [1.29, 1.82) is 0 Å². The highest BCUT2D eigenvalue weighted by atomic mass is 32.2. The predicted octanol–water partition coefficient (Wildman–Crippen LogP) is 2.66. The van der Waals surface area contributed by atoms with Crippen LogP contribution in [0.1, 0.15) is 40.5 Å². The Hall–Kier alpha value is -0.220. The SMILES string of the molecule is CCOCC(C)N=C1NC(C)(CC)CCS1. The van der Waals surface area contributed by atoms with Crippen LogP contribution in [-0.2, 0) is 4.74 Å². The van der Waals surface area contributed by atoms with Gasteiger partial charge in [0.25, 0.3) is 0 Å². The summed E-state index contributed by atoms with van der Waals surface area (Å²) in [5, 5.41) is 4.63. The van der Waals surface area contributed by atoms with E-state index >= 15 is 0 Å². The topological polar surface area (TPSA) is 33.6 Å². The van der Waals surface area contributed by atoms with Gasteiger partial charge in [0.15, 0.2) is 5.17 Å². The Labute approximate surface area is 103 Å². The summed E-state index contributed by atoms with van der Waals surface area (Å²) in [5.41, 5.74) is 0.232. The van der Waals surface area contributed by atoms with Gasteiger partial charge in [-0.2, -0.15) is 0 Å². The van der Waals surface area contributed by atoms with Gasteiger partial charge < -0.3 is 10.1 Å². The smallest absolute Gasteiger partial charge is 0.157 e. The molecule has 16 heavy (non-hydrogen) atoms. The summed E-state index contributed by atoms with van der Waals surface area (Å²) >= 11 is 1.83. The van der Waals surface area contributed by atoms with E-state index < -0.39 is 0 Å². The van der Waals surface area contributed by atoms with Crippen molar-refractivity contribution in [3.63, 3.8) is 0 Å². The van der Waals surface area contributed by atoms with Crippen LogP contribution in [0.15, 0.2) is 4.99 Å². The molecule has 1 aliphatic heterocycles. The van der Waals surface area contributed by atoms with Crippen molar-refractivity contribution in [3.05, 3.63) is 0 Å². The fourth-order valence-electron chi connectivity index (χ4n) is 1.59. The van der Waals surface area contributed by atoms with Crippen LogP contribution in [0.4, 0.5) is 0 Å². The van der Waals surface area contributed by atoms with Crippen LogP contribution >= 0.6 is 11.8 Å². The van der Waals surface area contributed by atoms with Crippen molar-refractivity contribution in [2.45, 2.75) is 52.1 Å². The maximum atomic E-state index is 5.37. The normalized spacial score (nSPS) is 30.1. The highest BCUT2D eigenvalue weighted by molar-refractivity contribution is 8.13. The van der Waals surface area contributed by atoms with E-state index in [0.717, 1.165) is 23.9 Å². The monoisotopic (exact) mass is 244 g/mol. The number of hydrogen-bond donors (Lipinski definition) is 1. The molecular weight excluding hydrogens is 220 g/mol. The number of nitrogens with zero attached hydrogens (tertiary/aromatic N) is 1. The number of rotatable bonds is 5. The molecule has 1 saturated heterocycles. The van der Waals surface area contributed by atoms with Gasteiger partial charge in [-0.15, -0.1) is 0 Å². The largest absolute Gasteiger partial charge is 0.380 e. The summed E-state index contributed by atoms with van der Waals surface area (Å²) in [6.45, 7) is 10.1. The lowest BCUT2D eigenvalue weighted by atomic mass is 9.96. The van der Waals surface area contributed by atoms with E-state index in [4.69, 9.17) is 4.74 Å². The van der Waals surface area contributed by atoms with Gasteiger partial charge in [0.05, 0.1) is 12.6 Å². The maximum absolute atomic E-state index is 5.37.